The molecule has 0 saturated carbocycles. The molecule has 0 spiro atoms. The molecule has 0 radical (unpaired) electrons. The van der Waals surface area contributed by atoms with Crippen LogP contribution in [-0.2, 0) is 8.85 Å². The highest BCUT2D eigenvalue weighted by Gasteiger charge is 2.23. The van der Waals surface area contributed by atoms with Crippen LogP contribution in [-0.4, -0.2) is 34.7 Å². The van der Waals surface area contributed by atoms with Crippen LogP contribution in [0.5, 0.6) is 0 Å². The minimum absolute atomic E-state index is 0.216. The first-order chi connectivity index (χ1) is 6.14. The Morgan fingerprint density at radius 3 is 1.79 bits per heavy atom. The molecule has 86 valence electrons. The SMILES string of the molecule is C[Si](C)(C)OCC(CBr)O[Si](C)(C)C. The third-order valence-corrected chi connectivity index (χ3v) is 4.19. The van der Waals surface area contributed by atoms with Crippen molar-refractivity contribution >= 4 is 32.6 Å². The Hall–Kier alpha value is 0.834. The number of hydrogen-bond acceptors (Lipinski definition) is 2. The highest BCUT2D eigenvalue weighted by atomic mass is 79.9. The molecule has 0 aromatic carbocycles. The molecule has 0 fully saturated rings. The molecule has 1 atom stereocenters. The van der Waals surface area contributed by atoms with Crippen molar-refractivity contribution in [1.82, 2.24) is 0 Å². The van der Waals surface area contributed by atoms with Crippen molar-refractivity contribution in [1.29, 1.82) is 0 Å². The molecule has 1 unspecified atom stereocenters. The van der Waals surface area contributed by atoms with Gasteiger partial charge in [0.2, 0.25) is 0 Å². The zero-order valence-corrected chi connectivity index (χ0v) is 13.8. The Morgan fingerprint density at radius 2 is 1.50 bits per heavy atom. The van der Waals surface area contributed by atoms with Crippen LogP contribution < -0.4 is 0 Å². The topological polar surface area (TPSA) is 18.5 Å². The smallest absolute Gasteiger partial charge is 0.184 e. The van der Waals surface area contributed by atoms with E-state index in [0.717, 1.165) is 11.9 Å². The molecule has 0 aliphatic heterocycles. The maximum atomic E-state index is 5.97. The summed E-state index contributed by atoms with van der Waals surface area (Å²) in [5, 5.41) is 0.863. The molecule has 0 rings (SSSR count). The first kappa shape index (κ1) is 14.8. The van der Waals surface area contributed by atoms with Crippen LogP contribution in [0.15, 0.2) is 0 Å². The van der Waals surface area contributed by atoms with E-state index in [0.29, 0.717) is 0 Å². The molecule has 0 aromatic rings. The van der Waals surface area contributed by atoms with E-state index in [1.165, 1.54) is 0 Å². The van der Waals surface area contributed by atoms with Crippen LogP contribution in [0, 0.1) is 0 Å². The van der Waals surface area contributed by atoms with Gasteiger partial charge in [-0.1, -0.05) is 15.9 Å². The van der Waals surface area contributed by atoms with Crippen LogP contribution in [0.4, 0.5) is 0 Å². The first-order valence-corrected chi connectivity index (χ1v) is 13.0. The first-order valence-electron chi connectivity index (χ1n) is 5.02. The van der Waals surface area contributed by atoms with E-state index < -0.39 is 16.6 Å². The highest BCUT2D eigenvalue weighted by Crippen LogP contribution is 2.12. The molecule has 0 saturated heterocycles. The number of hydrogen-bond donors (Lipinski definition) is 0. The molecule has 0 heterocycles. The standard InChI is InChI=1S/C9H23BrO2Si2/c1-13(2,3)11-8-9(7-10)12-14(4,5)6/h9H,7-8H2,1-6H3. The van der Waals surface area contributed by atoms with Crippen molar-refractivity contribution in [2.75, 3.05) is 11.9 Å². The molecule has 0 N–H and O–H groups in total. The summed E-state index contributed by atoms with van der Waals surface area (Å²) in [7, 11) is -2.83. The van der Waals surface area contributed by atoms with Gasteiger partial charge >= 0.3 is 0 Å². The summed E-state index contributed by atoms with van der Waals surface area (Å²) < 4.78 is 11.8. The molecule has 5 heteroatoms. The van der Waals surface area contributed by atoms with E-state index in [4.69, 9.17) is 8.85 Å². The lowest BCUT2D eigenvalue weighted by Gasteiger charge is -2.27. The average Bonchev–Trinajstić information content (AvgIpc) is 1.94. The van der Waals surface area contributed by atoms with Gasteiger partial charge in [-0.2, -0.15) is 0 Å². The third-order valence-electron chi connectivity index (χ3n) is 1.39. The molecule has 0 bridgehead atoms. The summed E-state index contributed by atoms with van der Waals surface area (Å²) in [6, 6.07) is 0. The number of halogens is 1. The molecular formula is C9H23BrO2Si2. The quantitative estimate of drug-likeness (QED) is 0.552. The third kappa shape index (κ3) is 9.39. The van der Waals surface area contributed by atoms with E-state index in [9.17, 15) is 0 Å². The van der Waals surface area contributed by atoms with Gasteiger partial charge in [-0.05, 0) is 39.3 Å². The summed E-state index contributed by atoms with van der Waals surface area (Å²) in [6.45, 7) is 13.9. The Kier molecular flexibility index (Phi) is 6.14. The Bertz CT molecular complexity index is 163. The highest BCUT2D eigenvalue weighted by molar-refractivity contribution is 9.09. The number of rotatable bonds is 6. The fraction of sp³-hybridized carbons (Fsp3) is 1.00. The van der Waals surface area contributed by atoms with E-state index in [1.54, 1.807) is 0 Å². The van der Waals surface area contributed by atoms with Crippen LogP contribution in [0.1, 0.15) is 0 Å². The fourth-order valence-corrected chi connectivity index (χ4v) is 3.35. The van der Waals surface area contributed by atoms with Gasteiger partial charge < -0.3 is 8.85 Å². The van der Waals surface area contributed by atoms with Crippen molar-refractivity contribution in [3.05, 3.63) is 0 Å². The summed E-state index contributed by atoms with van der Waals surface area (Å²) in [5.74, 6) is 0. The maximum absolute atomic E-state index is 5.97. The van der Waals surface area contributed by atoms with Crippen LogP contribution >= 0.6 is 15.9 Å². The van der Waals surface area contributed by atoms with Gasteiger partial charge in [-0.25, -0.2) is 0 Å². The molecular weight excluding hydrogens is 276 g/mol. The minimum atomic E-state index is -1.43. The molecule has 14 heavy (non-hydrogen) atoms. The van der Waals surface area contributed by atoms with Gasteiger partial charge in [-0.3, -0.25) is 0 Å². The monoisotopic (exact) mass is 298 g/mol. The van der Waals surface area contributed by atoms with Gasteiger partial charge in [0.25, 0.3) is 0 Å². The second kappa shape index (κ2) is 5.79. The maximum Gasteiger partial charge on any atom is 0.184 e. The fourth-order valence-electron chi connectivity index (χ4n) is 0.953. The Morgan fingerprint density at radius 1 is 1.00 bits per heavy atom. The molecule has 0 amide bonds. The van der Waals surface area contributed by atoms with E-state index in [1.807, 2.05) is 0 Å². The Labute approximate surface area is 98.8 Å². The van der Waals surface area contributed by atoms with Crippen LogP contribution in [0.3, 0.4) is 0 Å². The molecule has 0 aliphatic rings. The minimum Gasteiger partial charge on any atom is -0.415 e. The van der Waals surface area contributed by atoms with Crippen molar-refractivity contribution in [3.8, 4) is 0 Å². The normalized spacial score (nSPS) is 15.6. The van der Waals surface area contributed by atoms with E-state index >= 15 is 0 Å². The van der Waals surface area contributed by atoms with E-state index in [2.05, 4.69) is 55.2 Å². The second-order valence-corrected chi connectivity index (χ2v) is 15.1. The lowest BCUT2D eigenvalue weighted by Crippen LogP contribution is -2.38. The zero-order chi connectivity index (χ0) is 11.4. The van der Waals surface area contributed by atoms with Gasteiger partial charge in [0.1, 0.15) is 0 Å². The summed E-state index contributed by atoms with van der Waals surface area (Å²) in [6.07, 6.45) is 0.216. The number of alkyl halides is 1. The van der Waals surface area contributed by atoms with Crippen molar-refractivity contribution in [2.24, 2.45) is 0 Å². The Balaban J connectivity index is 3.93. The predicted molar refractivity (Wildman–Crippen MR) is 71.3 cm³/mol. The lowest BCUT2D eigenvalue weighted by molar-refractivity contribution is 0.138. The lowest BCUT2D eigenvalue weighted by atomic mass is 10.5. The summed E-state index contributed by atoms with van der Waals surface area (Å²) in [4.78, 5) is 0. The van der Waals surface area contributed by atoms with Crippen molar-refractivity contribution in [2.45, 2.75) is 45.4 Å². The van der Waals surface area contributed by atoms with Gasteiger partial charge in [0, 0.05) is 5.33 Å². The summed E-state index contributed by atoms with van der Waals surface area (Å²) in [5.41, 5.74) is 0. The predicted octanol–water partition coefficient (Wildman–Crippen LogP) is 3.45. The van der Waals surface area contributed by atoms with Gasteiger partial charge in [-0.15, -0.1) is 0 Å². The van der Waals surface area contributed by atoms with E-state index in [-0.39, 0.29) is 6.10 Å². The van der Waals surface area contributed by atoms with Crippen LogP contribution in [0.2, 0.25) is 39.3 Å². The van der Waals surface area contributed by atoms with Crippen molar-refractivity contribution in [3.63, 3.8) is 0 Å². The van der Waals surface area contributed by atoms with Gasteiger partial charge in [0.15, 0.2) is 16.6 Å². The average molecular weight is 299 g/mol. The van der Waals surface area contributed by atoms with Gasteiger partial charge in [0.05, 0.1) is 12.7 Å². The molecule has 0 aliphatic carbocycles. The largest absolute Gasteiger partial charge is 0.415 e. The summed E-state index contributed by atoms with van der Waals surface area (Å²) >= 11 is 3.47. The zero-order valence-electron chi connectivity index (χ0n) is 10.2. The second-order valence-electron chi connectivity index (χ2n) is 5.43. The molecule has 2 nitrogen and oxygen atoms in total. The molecule has 0 aromatic heterocycles. The van der Waals surface area contributed by atoms with Crippen LogP contribution in [0.25, 0.3) is 0 Å². The van der Waals surface area contributed by atoms with Crippen molar-refractivity contribution < 1.29 is 8.85 Å².